The van der Waals surface area contributed by atoms with E-state index in [0.29, 0.717) is 30.7 Å². The monoisotopic (exact) mass is 549 g/mol. The Morgan fingerprint density at radius 3 is 1.97 bits per heavy atom. The normalized spacial score (nSPS) is 12.6. The lowest BCUT2D eigenvalue weighted by atomic mass is 9.90. The van der Waals surface area contributed by atoms with E-state index < -0.39 is 34.8 Å². The molecule has 0 aliphatic carbocycles. The molecule has 1 N–H and O–H groups in total. The molecule has 0 amide bonds. The maximum absolute atomic E-state index is 12.9. The van der Waals surface area contributed by atoms with E-state index in [1.807, 2.05) is 27.7 Å². The average Bonchev–Trinajstić information content (AvgIpc) is 2.89. The van der Waals surface area contributed by atoms with Crippen molar-refractivity contribution in [3.05, 3.63) is 23.8 Å². The van der Waals surface area contributed by atoms with E-state index >= 15 is 0 Å². The van der Waals surface area contributed by atoms with Crippen LogP contribution in [0.3, 0.4) is 0 Å². The van der Waals surface area contributed by atoms with Gasteiger partial charge in [0, 0.05) is 13.0 Å². The lowest BCUT2D eigenvalue weighted by Gasteiger charge is -2.24. The molecule has 0 fully saturated rings. The van der Waals surface area contributed by atoms with Crippen LogP contribution in [0.4, 0.5) is 0 Å². The summed E-state index contributed by atoms with van der Waals surface area (Å²) in [5, 5.41) is 3.06. The molecule has 0 saturated heterocycles. The summed E-state index contributed by atoms with van der Waals surface area (Å²) in [7, 11) is 1.29. The highest BCUT2D eigenvalue weighted by molar-refractivity contribution is 5.81. The number of hydrogen-bond acceptors (Lipinski definition) is 9. The van der Waals surface area contributed by atoms with Gasteiger partial charge in [-0.1, -0.05) is 33.8 Å². The van der Waals surface area contributed by atoms with E-state index in [9.17, 15) is 19.2 Å². The first-order valence-electron chi connectivity index (χ1n) is 13.7. The van der Waals surface area contributed by atoms with Gasteiger partial charge in [-0.05, 0) is 77.0 Å². The van der Waals surface area contributed by atoms with Gasteiger partial charge in [0.1, 0.15) is 12.6 Å². The fraction of sp³-hybridized carbons (Fsp3) is 0.667. The van der Waals surface area contributed by atoms with Crippen LogP contribution in [0.25, 0.3) is 0 Å². The molecule has 1 aromatic carbocycles. The maximum atomic E-state index is 12.9. The highest BCUT2D eigenvalue weighted by Crippen LogP contribution is 2.34. The van der Waals surface area contributed by atoms with Gasteiger partial charge >= 0.3 is 23.9 Å². The van der Waals surface area contributed by atoms with Crippen molar-refractivity contribution < 1.29 is 38.1 Å². The number of ether oxygens (including phenoxy) is 4. The van der Waals surface area contributed by atoms with E-state index in [2.05, 4.69) is 5.32 Å². The Labute approximate surface area is 233 Å². The second kappa shape index (κ2) is 15.6. The Bertz CT molecular complexity index is 983. The van der Waals surface area contributed by atoms with Crippen LogP contribution >= 0.6 is 0 Å². The Kier molecular flexibility index (Phi) is 13.6. The van der Waals surface area contributed by atoms with Crippen molar-refractivity contribution >= 4 is 23.9 Å². The van der Waals surface area contributed by atoms with Gasteiger partial charge < -0.3 is 24.3 Å². The minimum Gasteiger partial charge on any atom is -0.468 e. The van der Waals surface area contributed by atoms with Crippen molar-refractivity contribution in [3.63, 3.8) is 0 Å². The first kappa shape index (κ1) is 34.1. The van der Waals surface area contributed by atoms with Crippen molar-refractivity contribution in [2.24, 2.45) is 16.7 Å². The predicted molar refractivity (Wildman–Crippen MR) is 148 cm³/mol. The van der Waals surface area contributed by atoms with E-state index in [1.54, 1.807) is 45.9 Å². The van der Waals surface area contributed by atoms with Crippen LogP contribution in [0.5, 0.6) is 11.5 Å². The van der Waals surface area contributed by atoms with E-state index in [0.717, 1.165) is 6.42 Å². The summed E-state index contributed by atoms with van der Waals surface area (Å²) in [6.07, 6.45) is 2.42. The molecule has 0 unspecified atom stereocenters. The lowest BCUT2D eigenvalue weighted by Crippen LogP contribution is -2.41. The van der Waals surface area contributed by atoms with Crippen molar-refractivity contribution in [2.45, 2.75) is 93.5 Å². The van der Waals surface area contributed by atoms with E-state index in [4.69, 9.17) is 18.9 Å². The number of carbonyl (C=O) groups is 4. The zero-order valence-electron chi connectivity index (χ0n) is 25.1. The van der Waals surface area contributed by atoms with Crippen LogP contribution in [-0.4, -0.2) is 50.2 Å². The smallest absolute Gasteiger partial charge is 0.323 e. The van der Waals surface area contributed by atoms with Crippen molar-refractivity contribution in [3.8, 4) is 11.5 Å². The maximum Gasteiger partial charge on any atom is 0.323 e. The highest BCUT2D eigenvalue weighted by atomic mass is 16.6. The summed E-state index contributed by atoms with van der Waals surface area (Å²) in [5.41, 5.74) is -0.817. The standard InChI is InChI=1S/C30H47NO8/c1-10-29(5,6)27(34)38-23-14-13-21(19-24(23)39-28(35)30(7,8)11-2)18-22(26(33)36-9)31-16-17-37-25(32)15-12-20(3)4/h13-14,19-20,22,31H,10-12,15-18H2,1-9H3/t22-/m0/s1. The van der Waals surface area contributed by atoms with Crippen LogP contribution in [0.15, 0.2) is 18.2 Å². The Morgan fingerprint density at radius 1 is 0.897 bits per heavy atom. The Balaban J connectivity index is 3.09. The van der Waals surface area contributed by atoms with Gasteiger partial charge in [0.25, 0.3) is 0 Å². The van der Waals surface area contributed by atoms with Gasteiger partial charge in [-0.15, -0.1) is 0 Å². The molecule has 0 heterocycles. The number of methoxy groups -OCH3 is 1. The number of hydrogen-bond donors (Lipinski definition) is 1. The molecule has 220 valence electrons. The summed E-state index contributed by atoms with van der Waals surface area (Å²) in [6.45, 7) is 15.3. The SMILES string of the molecule is CCC(C)(C)C(=O)Oc1ccc(C[C@H](NCCOC(=O)CCC(C)C)C(=O)OC)cc1OC(=O)C(C)(C)CC. The Hall–Kier alpha value is -2.94. The molecule has 0 aromatic heterocycles. The minimum absolute atomic E-state index is 0.0991. The molecular formula is C30H47NO8. The summed E-state index contributed by atoms with van der Waals surface area (Å²) in [5.74, 6) is -1.05. The molecule has 0 aliphatic rings. The fourth-order valence-electron chi connectivity index (χ4n) is 3.10. The number of esters is 4. The molecule has 0 aliphatic heterocycles. The predicted octanol–water partition coefficient (Wildman–Crippen LogP) is 5.02. The molecule has 1 atom stereocenters. The fourth-order valence-corrected chi connectivity index (χ4v) is 3.10. The molecule has 1 rings (SSSR count). The summed E-state index contributed by atoms with van der Waals surface area (Å²) >= 11 is 0. The number of rotatable bonds is 16. The first-order valence-corrected chi connectivity index (χ1v) is 13.7. The van der Waals surface area contributed by atoms with Crippen molar-refractivity contribution in [2.75, 3.05) is 20.3 Å². The van der Waals surface area contributed by atoms with Gasteiger partial charge in [-0.25, -0.2) is 0 Å². The molecule has 0 radical (unpaired) electrons. The number of nitrogens with one attached hydrogen (secondary N) is 1. The average molecular weight is 550 g/mol. The van der Waals surface area contributed by atoms with E-state index in [1.165, 1.54) is 7.11 Å². The van der Waals surface area contributed by atoms with Gasteiger partial charge in [0.15, 0.2) is 11.5 Å². The number of benzene rings is 1. The second-order valence-electron chi connectivity index (χ2n) is 11.4. The molecular weight excluding hydrogens is 502 g/mol. The molecule has 0 bridgehead atoms. The lowest BCUT2D eigenvalue weighted by molar-refractivity contribution is -0.147. The molecule has 39 heavy (non-hydrogen) atoms. The van der Waals surface area contributed by atoms with Crippen LogP contribution in [0.1, 0.15) is 86.6 Å². The molecule has 1 aromatic rings. The third kappa shape index (κ3) is 11.4. The molecule has 0 spiro atoms. The minimum atomic E-state index is -0.747. The summed E-state index contributed by atoms with van der Waals surface area (Å²) in [4.78, 5) is 49.9. The van der Waals surface area contributed by atoms with Gasteiger partial charge in [0.05, 0.1) is 17.9 Å². The van der Waals surface area contributed by atoms with Crippen LogP contribution < -0.4 is 14.8 Å². The quantitative estimate of drug-likeness (QED) is 0.172. The van der Waals surface area contributed by atoms with Gasteiger partial charge in [0.2, 0.25) is 0 Å². The van der Waals surface area contributed by atoms with Crippen molar-refractivity contribution in [1.29, 1.82) is 0 Å². The zero-order valence-corrected chi connectivity index (χ0v) is 25.1. The molecule has 9 heteroatoms. The van der Waals surface area contributed by atoms with Crippen molar-refractivity contribution in [1.82, 2.24) is 5.32 Å². The highest BCUT2D eigenvalue weighted by Gasteiger charge is 2.31. The third-order valence-electron chi connectivity index (χ3n) is 6.89. The number of carbonyl (C=O) groups excluding carboxylic acids is 4. The molecule has 9 nitrogen and oxygen atoms in total. The Morgan fingerprint density at radius 2 is 1.46 bits per heavy atom. The van der Waals surface area contributed by atoms with Crippen LogP contribution in [0, 0.1) is 16.7 Å². The van der Waals surface area contributed by atoms with Crippen LogP contribution in [0.2, 0.25) is 0 Å². The zero-order chi connectivity index (χ0) is 29.8. The third-order valence-corrected chi connectivity index (χ3v) is 6.89. The first-order chi connectivity index (χ1) is 18.2. The van der Waals surface area contributed by atoms with Gasteiger partial charge in [-0.2, -0.15) is 0 Å². The second-order valence-corrected chi connectivity index (χ2v) is 11.4. The topological polar surface area (TPSA) is 117 Å². The van der Waals surface area contributed by atoms with E-state index in [-0.39, 0.29) is 37.0 Å². The summed E-state index contributed by atoms with van der Waals surface area (Å²) < 4.78 is 21.5. The largest absolute Gasteiger partial charge is 0.468 e. The molecule has 0 saturated carbocycles. The van der Waals surface area contributed by atoms with Crippen LogP contribution in [-0.2, 0) is 35.1 Å². The van der Waals surface area contributed by atoms with Gasteiger partial charge in [-0.3, -0.25) is 19.2 Å². The summed E-state index contributed by atoms with van der Waals surface area (Å²) in [6, 6.07) is 4.11.